The van der Waals surface area contributed by atoms with Gasteiger partial charge < -0.3 is 5.73 Å². The molecule has 2 N–H and O–H groups in total. The second-order valence-electron chi connectivity index (χ2n) is 2.61. The lowest BCUT2D eigenvalue weighted by Gasteiger charge is -2.00. The second-order valence-corrected chi connectivity index (χ2v) is 3.40. The number of hydrogen-bond acceptors (Lipinski definition) is 4. The van der Waals surface area contributed by atoms with Crippen LogP contribution in [0.2, 0.25) is 0 Å². The summed E-state index contributed by atoms with van der Waals surface area (Å²) in [7, 11) is 0. The van der Waals surface area contributed by atoms with Crippen LogP contribution in [0.5, 0.6) is 0 Å². The van der Waals surface area contributed by atoms with Gasteiger partial charge in [-0.05, 0) is 17.9 Å². The van der Waals surface area contributed by atoms with E-state index in [2.05, 4.69) is 10.1 Å². The van der Waals surface area contributed by atoms with Crippen LogP contribution in [0.15, 0.2) is 23.6 Å². The minimum absolute atomic E-state index is 0.525. The van der Waals surface area contributed by atoms with Gasteiger partial charge in [-0.15, -0.1) is 11.8 Å². The summed E-state index contributed by atoms with van der Waals surface area (Å²) in [4.78, 5) is 4.18. The topological polar surface area (TPSA) is 56.2 Å². The van der Waals surface area contributed by atoms with E-state index in [-0.39, 0.29) is 0 Å². The zero-order valence-corrected chi connectivity index (χ0v) is 8.08. The number of fused-ring (bicyclic) bond motifs is 1. The van der Waals surface area contributed by atoms with Crippen LogP contribution < -0.4 is 5.73 Å². The van der Waals surface area contributed by atoms with Crippen molar-refractivity contribution < 1.29 is 0 Å². The van der Waals surface area contributed by atoms with Crippen molar-refractivity contribution >= 4 is 17.3 Å². The normalized spacial score (nSPS) is 10.9. The maximum atomic E-state index is 5.61. The van der Waals surface area contributed by atoms with Gasteiger partial charge in [0.1, 0.15) is 16.9 Å². The summed E-state index contributed by atoms with van der Waals surface area (Å²) in [6.45, 7) is 0.525. The molecule has 0 unspecified atom stereocenters. The predicted molar refractivity (Wildman–Crippen MR) is 52.7 cm³/mol. The Hall–Kier alpha value is -1.07. The third kappa shape index (κ3) is 1.30. The summed E-state index contributed by atoms with van der Waals surface area (Å²) < 4.78 is 1.81. The van der Waals surface area contributed by atoms with Crippen molar-refractivity contribution in [3.8, 4) is 0 Å². The molecule has 0 radical (unpaired) electrons. The van der Waals surface area contributed by atoms with Crippen molar-refractivity contribution in [1.29, 1.82) is 0 Å². The minimum Gasteiger partial charge on any atom is -0.326 e. The summed E-state index contributed by atoms with van der Waals surface area (Å²) in [5.41, 5.74) is 7.72. The summed E-state index contributed by atoms with van der Waals surface area (Å²) in [5, 5.41) is 5.07. The van der Waals surface area contributed by atoms with Crippen molar-refractivity contribution in [1.82, 2.24) is 14.6 Å². The van der Waals surface area contributed by atoms with Crippen LogP contribution in [0.25, 0.3) is 5.52 Å². The van der Waals surface area contributed by atoms with Crippen LogP contribution in [0.4, 0.5) is 0 Å². The molecular weight excluding hydrogens is 184 g/mol. The third-order valence-electron chi connectivity index (χ3n) is 1.92. The van der Waals surface area contributed by atoms with Crippen molar-refractivity contribution in [3.63, 3.8) is 0 Å². The van der Waals surface area contributed by atoms with Crippen molar-refractivity contribution in [2.45, 2.75) is 11.6 Å². The van der Waals surface area contributed by atoms with Crippen molar-refractivity contribution in [3.05, 3.63) is 24.2 Å². The highest BCUT2D eigenvalue weighted by atomic mass is 32.2. The van der Waals surface area contributed by atoms with Crippen LogP contribution in [0.1, 0.15) is 5.56 Å². The average molecular weight is 194 g/mol. The fraction of sp³-hybridized carbons (Fsp3) is 0.250. The Morgan fingerprint density at radius 3 is 3.15 bits per heavy atom. The quantitative estimate of drug-likeness (QED) is 0.722. The molecule has 0 bridgehead atoms. The van der Waals surface area contributed by atoms with E-state index in [4.69, 9.17) is 5.73 Å². The van der Waals surface area contributed by atoms with Crippen LogP contribution in [0, 0.1) is 0 Å². The first-order valence-corrected chi connectivity index (χ1v) is 5.14. The summed E-state index contributed by atoms with van der Waals surface area (Å²) in [6.07, 6.45) is 5.45. The number of aromatic nitrogens is 3. The van der Waals surface area contributed by atoms with Gasteiger partial charge >= 0.3 is 0 Å². The fourth-order valence-corrected chi connectivity index (χ4v) is 1.87. The maximum Gasteiger partial charge on any atom is 0.137 e. The van der Waals surface area contributed by atoms with E-state index < -0.39 is 0 Å². The molecule has 0 spiro atoms. The molecule has 0 saturated heterocycles. The van der Waals surface area contributed by atoms with Crippen LogP contribution >= 0.6 is 11.8 Å². The lowest BCUT2D eigenvalue weighted by atomic mass is 10.3. The molecule has 0 saturated carbocycles. The standard InChI is InChI=1S/C8H10N4S/c1-13-8-7-6(4-9)2-3-12(7)11-5-10-8/h2-3,5H,4,9H2,1H3. The monoisotopic (exact) mass is 194 g/mol. The van der Waals surface area contributed by atoms with Gasteiger partial charge in [0.25, 0.3) is 0 Å². The molecule has 13 heavy (non-hydrogen) atoms. The summed E-state index contributed by atoms with van der Waals surface area (Å²) in [6, 6.07) is 1.98. The molecule has 2 rings (SSSR count). The van der Waals surface area contributed by atoms with Gasteiger partial charge in [0.2, 0.25) is 0 Å². The van der Waals surface area contributed by atoms with E-state index in [1.807, 2.05) is 18.5 Å². The highest BCUT2D eigenvalue weighted by molar-refractivity contribution is 7.98. The molecule has 2 aromatic heterocycles. The molecule has 2 aromatic rings. The van der Waals surface area contributed by atoms with E-state index in [0.29, 0.717) is 6.54 Å². The van der Waals surface area contributed by atoms with Crippen LogP contribution in [-0.2, 0) is 6.54 Å². The van der Waals surface area contributed by atoms with Crippen molar-refractivity contribution in [2.24, 2.45) is 5.73 Å². The zero-order chi connectivity index (χ0) is 9.26. The predicted octanol–water partition coefficient (Wildman–Crippen LogP) is 0.910. The molecule has 0 aliphatic carbocycles. The SMILES string of the molecule is CSc1ncnn2ccc(CN)c12. The van der Waals surface area contributed by atoms with Crippen LogP contribution in [0.3, 0.4) is 0 Å². The molecule has 0 atom stereocenters. The van der Waals surface area contributed by atoms with Gasteiger partial charge in [0.15, 0.2) is 0 Å². The lowest BCUT2D eigenvalue weighted by molar-refractivity contribution is 0.861. The average Bonchev–Trinajstić information content (AvgIpc) is 2.60. The minimum atomic E-state index is 0.525. The Kier molecular flexibility index (Phi) is 2.20. The molecule has 2 heterocycles. The van der Waals surface area contributed by atoms with E-state index in [0.717, 1.165) is 16.1 Å². The Balaban J connectivity index is 2.76. The first kappa shape index (κ1) is 8.52. The Bertz CT molecular complexity index is 423. The smallest absolute Gasteiger partial charge is 0.137 e. The fourth-order valence-electron chi connectivity index (χ4n) is 1.30. The Labute approximate surface area is 80.2 Å². The highest BCUT2D eigenvalue weighted by Crippen LogP contribution is 2.21. The first-order chi connectivity index (χ1) is 6.36. The van der Waals surface area contributed by atoms with E-state index >= 15 is 0 Å². The lowest BCUT2D eigenvalue weighted by Crippen LogP contribution is -1.99. The molecule has 4 nitrogen and oxygen atoms in total. The second kappa shape index (κ2) is 3.35. The van der Waals surface area contributed by atoms with Crippen molar-refractivity contribution in [2.75, 3.05) is 6.26 Å². The zero-order valence-electron chi connectivity index (χ0n) is 7.27. The first-order valence-electron chi connectivity index (χ1n) is 3.92. The summed E-state index contributed by atoms with van der Waals surface area (Å²) in [5.74, 6) is 0. The van der Waals surface area contributed by atoms with Gasteiger partial charge in [-0.3, -0.25) is 0 Å². The number of thioether (sulfide) groups is 1. The Morgan fingerprint density at radius 1 is 1.62 bits per heavy atom. The Morgan fingerprint density at radius 2 is 2.46 bits per heavy atom. The van der Waals surface area contributed by atoms with Crippen LogP contribution in [-0.4, -0.2) is 20.9 Å². The molecule has 68 valence electrons. The van der Waals surface area contributed by atoms with E-state index in [1.54, 1.807) is 22.6 Å². The summed E-state index contributed by atoms with van der Waals surface area (Å²) >= 11 is 1.60. The number of nitrogens with two attached hydrogens (primary N) is 1. The maximum absolute atomic E-state index is 5.61. The molecule has 0 aliphatic heterocycles. The van der Waals surface area contributed by atoms with Gasteiger partial charge in [0.05, 0.1) is 0 Å². The molecule has 0 aromatic carbocycles. The molecule has 0 amide bonds. The third-order valence-corrected chi connectivity index (χ3v) is 2.60. The molecule has 0 fully saturated rings. The number of hydrogen-bond donors (Lipinski definition) is 1. The van der Waals surface area contributed by atoms with E-state index in [9.17, 15) is 0 Å². The molecular formula is C8H10N4S. The van der Waals surface area contributed by atoms with E-state index in [1.165, 1.54) is 0 Å². The molecule has 0 aliphatic rings. The highest BCUT2D eigenvalue weighted by Gasteiger charge is 2.06. The van der Waals surface area contributed by atoms with Gasteiger partial charge in [-0.2, -0.15) is 5.10 Å². The van der Waals surface area contributed by atoms with Gasteiger partial charge in [-0.25, -0.2) is 9.50 Å². The van der Waals surface area contributed by atoms with Gasteiger partial charge in [-0.1, -0.05) is 0 Å². The molecule has 5 heteroatoms. The number of rotatable bonds is 2. The van der Waals surface area contributed by atoms with Gasteiger partial charge in [0, 0.05) is 12.7 Å². The largest absolute Gasteiger partial charge is 0.326 e. The number of nitrogens with zero attached hydrogens (tertiary/aromatic N) is 3.